The van der Waals surface area contributed by atoms with Crippen molar-refractivity contribution < 1.29 is 8.42 Å². The second-order valence-corrected chi connectivity index (χ2v) is 10.6. The average Bonchev–Trinajstić information content (AvgIpc) is 2.61. The zero-order chi connectivity index (χ0) is 14.5. The van der Waals surface area contributed by atoms with Gasteiger partial charge in [-0.3, -0.25) is 0 Å². The molecule has 0 aliphatic heterocycles. The predicted octanol–water partition coefficient (Wildman–Crippen LogP) is 4.14. The van der Waals surface area contributed by atoms with Crippen molar-refractivity contribution in [3.8, 4) is 0 Å². The van der Waals surface area contributed by atoms with Crippen LogP contribution in [0.25, 0.3) is 0 Å². The first-order chi connectivity index (χ1) is 8.83. The number of sulfone groups is 1. The Kier molecular flexibility index (Phi) is 7.53. The third-order valence-electron chi connectivity index (χ3n) is 2.71. The maximum atomic E-state index is 11.2. The smallest absolute Gasteiger partial charge is 0.147 e. The molecule has 1 N–H and O–H groups in total. The summed E-state index contributed by atoms with van der Waals surface area (Å²) < 4.78 is 24.6. The molecule has 110 valence electrons. The molecule has 0 radical (unpaired) electrons. The molecular weight excluding hydrogens is 414 g/mol. The van der Waals surface area contributed by atoms with E-state index < -0.39 is 9.84 Å². The van der Waals surface area contributed by atoms with Crippen molar-refractivity contribution in [3.05, 3.63) is 19.2 Å². The molecule has 1 aromatic heterocycles. The molecule has 3 nitrogen and oxygen atoms in total. The van der Waals surface area contributed by atoms with Crippen LogP contribution in [0.1, 0.15) is 37.8 Å². The summed E-state index contributed by atoms with van der Waals surface area (Å²) in [5, 5.41) is 3.49. The minimum atomic E-state index is -2.87. The minimum Gasteiger partial charge on any atom is -0.310 e. The van der Waals surface area contributed by atoms with Crippen LogP contribution in [0.2, 0.25) is 0 Å². The molecule has 1 aromatic rings. The first-order valence-electron chi connectivity index (χ1n) is 6.19. The highest BCUT2D eigenvalue weighted by Crippen LogP contribution is 2.37. The Morgan fingerprint density at radius 2 is 2.11 bits per heavy atom. The normalized spacial score (nSPS) is 13.7. The zero-order valence-corrected chi connectivity index (χ0v) is 15.9. The van der Waals surface area contributed by atoms with Gasteiger partial charge in [-0.1, -0.05) is 6.92 Å². The summed E-state index contributed by atoms with van der Waals surface area (Å²) in [4.78, 5) is 0. The second kappa shape index (κ2) is 8.12. The first-order valence-corrected chi connectivity index (χ1v) is 10.7. The Morgan fingerprint density at radius 1 is 1.42 bits per heavy atom. The van der Waals surface area contributed by atoms with Crippen molar-refractivity contribution in [1.82, 2.24) is 5.32 Å². The van der Waals surface area contributed by atoms with E-state index >= 15 is 0 Å². The molecule has 0 spiro atoms. The number of hydrogen-bond acceptors (Lipinski definition) is 4. The van der Waals surface area contributed by atoms with Crippen molar-refractivity contribution in [1.29, 1.82) is 0 Å². The van der Waals surface area contributed by atoms with E-state index in [1.54, 1.807) is 11.3 Å². The van der Waals surface area contributed by atoms with E-state index in [1.807, 2.05) is 0 Å². The van der Waals surface area contributed by atoms with Crippen molar-refractivity contribution >= 4 is 53.0 Å². The van der Waals surface area contributed by atoms with E-state index in [2.05, 4.69) is 50.2 Å². The SMILES string of the molecule is CCCNC(CCCS(C)(=O)=O)c1cc(Br)sc1Br. The van der Waals surface area contributed by atoms with Crippen LogP contribution in [0.3, 0.4) is 0 Å². The van der Waals surface area contributed by atoms with E-state index in [0.29, 0.717) is 6.42 Å². The Labute approximate surface area is 136 Å². The van der Waals surface area contributed by atoms with Gasteiger partial charge in [0.15, 0.2) is 0 Å². The van der Waals surface area contributed by atoms with Crippen molar-refractivity contribution in [2.75, 3.05) is 18.6 Å². The number of rotatable bonds is 8. The van der Waals surface area contributed by atoms with Gasteiger partial charge in [0, 0.05) is 18.1 Å². The van der Waals surface area contributed by atoms with Gasteiger partial charge in [0.05, 0.1) is 7.57 Å². The lowest BCUT2D eigenvalue weighted by molar-refractivity contribution is 0.492. The van der Waals surface area contributed by atoms with Gasteiger partial charge >= 0.3 is 0 Å². The maximum absolute atomic E-state index is 11.2. The van der Waals surface area contributed by atoms with Gasteiger partial charge in [0.1, 0.15) is 9.84 Å². The summed E-state index contributed by atoms with van der Waals surface area (Å²) in [6.45, 7) is 3.06. The van der Waals surface area contributed by atoms with Gasteiger partial charge in [0.25, 0.3) is 0 Å². The standard InChI is InChI=1S/C12H19Br2NO2S2/c1-3-6-15-10(5-4-7-19(2,16)17)9-8-11(13)18-12(9)14/h8,10,15H,3-7H2,1-2H3. The number of hydrogen-bond donors (Lipinski definition) is 1. The topological polar surface area (TPSA) is 46.2 Å². The Morgan fingerprint density at radius 3 is 2.58 bits per heavy atom. The molecule has 0 saturated carbocycles. The Bertz CT molecular complexity index is 500. The van der Waals surface area contributed by atoms with E-state index in [-0.39, 0.29) is 11.8 Å². The highest BCUT2D eigenvalue weighted by Gasteiger charge is 2.17. The lowest BCUT2D eigenvalue weighted by atomic mass is 10.1. The molecule has 0 bridgehead atoms. The fourth-order valence-electron chi connectivity index (χ4n) is 1.83. The van der Waals surface area contributed by atoms with Crippen LogP contribution < -0.4 is 5.32 Å². The molecule has 1 unspecified atom stereocenters. The summed E-state index contributed by atoms with van der Waals surface area (Å²) in [7, 11) is -2.87. The highest BCUT2D eigenvalue weighted by atomic mass is 79.9. The third kappa shape index (κ3) is 6.71. The van der Waals surface area contributed by atoms with Crippen molar-refractivity contribution in [2.24, 2.45) is 0 Å². The average molecular weight is 433 g/mol. The van der Waals surface area contributed by atoms with Crippen LogP contribution in [0.4, 0.5) is 0 Å². The molecule has 1 atom stereocenters. The molecule has 1 rings (SSSR count). The molecule has 7 heteroatoms. The fourth-order valence-corrected chi connectivity index (χ4v) is 5.49. The molecule has 0 fully saturated rings. The molecule has 19 heavy (non-hydrogen) atoms. The van der Waals surface area contributed by atoms with Gasteiger partial charge in [-0.05, 0) is 69.3 Å². The molecule has 0 amide bonds. The lowest BCUT2D eigenvalue weighted by Gasteiger charge is -2.18. The quantitative estimate of drug-likeness (QED) is 0.671. The van der Waals surface area contributed by atoms with E-state index in [1.165, 1.54) is 11.8 Å². The Balaban J connectivity index is 2.69. The number of thiophene rings is 1. The van der Waals surface area contributed by atoms with Crippen molar-refractivity contribution in [3.63, 3.8) is 0 Å². The third-order valence-corrected chi connectivity index (χ3v) is 6.12. The summed E-state index contributed by atoms with van der Waals surface area (Å²) in [6, 6.07) is 2.31. The van der Waals surface area contributed by atoms with Crippen LogP contribution in [-0.2, 0) is 9.84 Å². The second-order valence-electron chi connectivity index (χ2n) is 4.56. The van der Waals surface area contributed by atoms with Gasteiger partial charge in [-0.25, -0.2) is 8.42 Å². The monoisotopic (exact) mass is 431 g/mol. The molecule has 1 heterocycles. The molecule has 0 aliphatic rings. The fraction of sp³-hybridized carbons (Fsp3) is 0.667. The van der Waals surface area contributed by atoms with Crippen LogP contribution in [0.5, 0.6) is 0 Å². The van der Waals surface area contributed by atoms with Gasteiger partial charge < -0.3 is 5.32 Å². The van der Waals surface area contributed by atoms with Gasteiger partial charge in [0.2, 0.25) is 0 Å². The first kappa shape index (κ1) is 17.6. The predicted molar refractivity (Wildman–Crippen MR) is 89.7 cm³/mol. The van der Waals surface area contributed by atoms with Crippen LogP contribution in [0.15, 0.2) is 13.6 Å². The maximum Gasteiger partial charge on any atom is 0.147 e. The van der Waals surface area contributed by atoms with Crippen LogP contribution in [-0.4, -0.2) is 27.0 Å². The van der Waals surface area contributed by atoms with Gasteiger partial charge in [-0.15, -0.1) is 11.3 Å². The van der Waals surface area contributed by atoms with Crippen molar-refractivity contribution in [2.45, 2.75) is 32.2 Å². The van der Waals surface area contributed by atoms with Gasteiger partial charge in [-0.2, -0.15) is 0 Å². The molecule has 0 saturated heterocycles. The molecule has 0 aliphatic carbocycles. The minimum absolute atomic E-state index is 0.207. The largest absolute Gasteiger partial charge is 0.310 e. The highest BCUT2D eigenvalue weighted by molar-refractivity contribution is 9.12. The van der Waals surface area contributed by atoms with Crippen LogP contribution in [0, 0.1) is 0 Å². The zero-order valence-electron chi connectivity index (χ0n) is 11.1. The summed E-state index contributed by atoms with van der Waals surface area (Å²) >= 11 is 8.70. The summed E-state index contributed by atoms with van der Waals surface area (Å²) in [5.41, 5.74) is 1.21. The molecule has 0 aromatic carbocycles. The summed E-state index contributed by atoms with van der Waals surface area (Å²) in [5.74, 6) is 0.250. The summed E-state index contributed by atoms with van der Waals surface area (Å²) in [6.07, 6.45) is 3.86. The number of nitrogens with one attached hydrogen (secondary N) is 1. The van der Waals surface area contributed by atoms with E-state index in [0.717, 1.165) is 27.0 Å². The Hall–Kier alpha value is 0.570. The number of halogens is 2. The van der Waals surface area contributed by atoms with E-state index in [9.17, 15) is 8.42 Å². The molecular formula is C12H19Br2NO2S2. The van der Waals surface area contributed by atoms with Crippen LogP contribution >= 0.6 is 43.2 Å². The van der Waals surface area contributed by atoms with E-state index in [4.69, 9.17) is 0 Å². The lowest BCUT2D eigenvalue weighted by Crippen LogP contribution is -2.22.